The molecule has 0 aromatic rings. The molecule has 2 rings (SSSR count). The van der Waals surface area contributed by atoms with Crippen LogP contribution in [0.5, 0.6) is 0 Å². The van der Waals surface area contributed by atoms with Crippen LogP contribution in [0.2, 0.25) is 0 Å². The number of rotatable bonds is 4. The minimum absolute atomic E-state index is 0.527. The second kappa shape index (κ2) is 6.41. The van der Waals surface area contributed by atoms with Crippen molar-refractivity contribution in [1.82, 2.24) is 9.80 Å². The van der Waals surface area contributed by atoms with Crippen molar-refractivity contribution in [1.29, 1.82) is 0 Å². The number of hydrogen-bond acceptors (Lipinski definition) is 3. The van der Waals surface area contributed by atoms with Crippen LogP contribution < -0.4 is 5.73 Å². The molecule has 0 radical (unpaired) electrons. The Bertz CT molecular complexity index is 275. The molecule has 1 aliphatic carbocycles. The van der Waals surface area contributed by atoms with Crippen LogP contribution in [0.15, 0.2) is 0 Å². The molecule has 0 aromatic heterocycles. The van der Waals surface area contributed by atoms with Gasteiger partial charge in [-0.15, -0.1) is 0 Å². The highest BCUT2D eigenvalue weighted by Crippen LogP contribution is 2.31. The number of nitrogens with two attached hydrogens (primary N) is 1. The number of nitrogens with zero attached hydrogens (tertiary/aromatic N) is 2. The molecule has 2 aliphatic rings. The maximum Gasteiger partial charge on any atom is 0.401 e. The van der Waals surface area contributed by atoms with Crippen LogP contribution in [-0.4, -0.2) is 61.8 Å². The lowest BCUT2D eigenvalue weighted by Crippen LogP contribution is -2.50. The van der Waals surface area contributed by atoms with E-state index >= 15 is 0 Å². The van der Waals surface area contributed by atoms with E-state index in [0.717, 1.165) is 26.2 Å². The van der Waals surface area contributed by atoms with E-state index in [4.69, 9.17) is 5.73 Å². The van der Waals surface area contributed by atoms with Crippen molar-refractivity contribution < 1.29 is 13.2 Å². The summed E-state index contributed by atoms with van der Waals surface area (Å²) in [4.78, 5) is 3.82. The summed E-state index contributed by atoms with van der Waals surface area (Å²) >= 11 is 0. The van der Waals surface area contributed by atoms with Crippen LogP contribution in [0.3, 0.4) is 0 Å². The third-order valence-corrected chi connectivity index (χ3v) is 4.48. The van der Waals surface area contributed by atoms with E-state index in [2.05, 4.69) is 4.90 Å². The van der Waals surface area contributed by atoms with Gasteiger partial charge in [-0.3, -0.25) is 4.90 Å². The second-order valence-electron chi connectivity index (χ2n) is 5.88. The molecule has 1 aliphatic heterocycles. The van der Waals surface area contributed by atoms with Gasteiger partial charge in [0.2, 0.25) is 0 Å². The molecular weight excluding hydrogens is 255 g/mol. The molecule has 19 heavy (non-hydrogen) atoms. The Balaban J connectivity index is 1.71. The van der Waals surface area contributed by atoms with Gasteiger partial charge < -0.3 is 10.6 Å². The van der Waals surface area contributed by atoms with Crippen molar-refractivity contribution in [3.05, 3.63) is 0 Å². The first-order valence-electron chi connectivity index (χ1n) is 7.19. The summed E-state index contributed by atoms with van der Waals surface area (Å²) < 4.78 is 36.9. The van der Waals surface area contributed by atoms with Gasteiger partial charge >= 0.3 is 6.18 Å². The standard InChI is InChI=1S/C13H24F3N3/c14-13(15,16)10-19-6-4-18(5-7-19)9-12-3-1-2-11(12)8-17/h11-12H,1-10,17H2. The lowest BCUT2D eigenvalue weighted by molar-refractivity contribution is -0.149. The lowest BCUT2D eigenvalue weighted by Gasteiger charge is -2.37. The average molecular weight is 279 g/mol. The summed E-state index contributed by atoms with van der Waals surface area (Å²) in [7, 11) is 0. The van der Waals surface area contributed by atoms with Gasteiger partial charge in [0.05, 0.1) is 6.54 Å². The predicted molar refractivity (Wildman–Crippen MR) is 68.8 cm³/mol. The minimum Gasteiger partial charge on any atom is -0.330 e. The van der Waals surface area contributed by atoms with Gasteiger partial charge in [0.1, 0.15) is 0 Å². The molecule has 3 nitrogen and oxygen atoms in total. The highest BCUT2D eigenvalue weighted by Gasteiger charge is 2.33. The van der Waals surface area contributed by atoms with Gasteiger partial charge in [-0.05, 0) is 31.2 Å². The van der Waals surface area contributed by atoms with E-state index in [1.807, 2.05) is 0 Å². The Labute approximate surface area is 112 Å². The van der Waals surface area contributed by atoms with E-state index in [1.165, 1.54) is 24.2 Å². The van der Waals surface area contributed by atoms with E-state index in [-0.39, 0.29) is 0 Å². The number of halogens is 3. The van der Waals surface area contributed by atoms with Crippen molar-refractivity contribution in [2.45, 2.75) is 25.4 Å². The van der Waals surface area contributed by atoms with E-state index in [9.17, 15) is 13.2 Å². The van der Waals surface area contributed by atoms with Gasteiger partial charge in [-0.2, -0.15) is 13.2 Å². The summed E-state index contributed by atoms with van der Waals surface area (Å²) in [6.07, 6.45) is -0.376. The van der Waals surface area contributed by atoms with Crippen LogP contribution >= 0.6 is 0 Å². The molecule has 6 heteroatoms. The topological polar surface area (TPSA) is 32.5 Å². The van der Waals surface area contributed by atoms with Crippen LogP contribution in [-0.2, 0) is 0 Å². The van der Waals surface area contributed by atoms with Crippen LogP contribution in [0.1, 0.15) is 19.3 Å². The van der Waals surface area contributed by atoms with Crippen LogP contribution in [0, 0.1) is 11.8 Å². The molecule has 1 saturated carbocycles. The smallest absolute Gasteiger partial charge is 0.330 e. The van der Waals surface area contributed by atoms with Gasteiger partial charge in [-0.1, -0.05) is 6.42 Å². The Hall–Kier alpha value is -0.330. The van der Waals surface area contributed by atoms with E-state index < -0.39 is 12.7 Å². The third kappa shape index (κ3) is 4.61. The van der Waals surface area contributed by atoms with E-state index in [0.29, 0.717) is 24.9 Å². The Kier molecular flexibility index (Phi) is 5.09. The third-order valence-electron chi connectivity index (χ3n) is 4.48. The predicted octanol–water partition coefficient (Wildman–Crippen LogP) is 1.54. The van der Waals surface area contributed by atoms with Gasteiger partial charge in [0, 0.05) is 32.7 Å². The maximum atomic E-state index is 12.3. The zero-order chi connectivity index (χ0) is 13.9. The summed E-state index contributed by atoms with van der Waals surface area (Å²) in [5.74, 6) is 1.27. The molecule has 2 N–H and O–H groups in total. The van der Waals surface area contributed by atoms with Crippen molar-refractivity contribution in [2.75, 3.05) is 45.8 Å². The van der Waals surface area contributed by atoms with Crippen molar-refractivity contribution >= 4 is 0 Å². The quantitative estimate of drug-likeness (QED) is 0.847. The van der Waals surface area contributed by atoms with Crippen molar-refractivity contribution in [2.24, 2.45) is 17.6 Å². The SMILES string of the molecule is NCC1CCCC1CN1CCN(CC(F)(F)F)CC1. The first-order chi connectivity index (χ1) is 8.98. The van der Waals surface area contributed by atoms with Crippen LogP contribution in [0.4, 0.5) is 13.2 Å². The second-order valence-corrected chi connectivity index (χ2v) is 5.88. The monoisotopic (exact) mass is 279 g/mol. The molecule has 0 aromatic carbocycles. The molecule has 0 spiro atoms. The first kappa shape index (κ1) is 15.1. The molecular formula is C13H24F3N3. The Morgan fingerprint density at radius 1 is 0.947 bits per heavy atom. The van der Waals surface area contributed by atoms with E-state index in [1.54, 1.807) is 0 Å². The Morgan fingerprint density at radius 2 is 1.53 bits per heavy atom. The fraction of sp³-hybridized carbons (Fsp3) is 1.00. The van der Waals surface area contributed by atoms with Crippen molar-refractivity contribution in [3.8, 4) is 0 Å². The largest absolute Gasteiger partial charge is 0.401 e. The summed E-state index contributed by atoms with van der Waals surface area (Å²) in [6.45, 7) is 3.56. The number of alkyl halides is 3. The molecule has 2 atom stereocenters. The normalized spacial score (nSPS) is 30.9. The molecule has 1 heterocycles. The fourth-order valence-electron chi connectivity index (χ4n) is 3.38. The van der Waals surface area contributed by atoms with Crippen molar-refractivity contribution in [3.63, 3.8) is 0 Å². The summed E-state index contributed by atoms with van der Waals surface area (Å²) in [6, 6.07) is 0. The molecule has 112 valence electrons. The van der Waals surface area contributed by atoms with Crippen LogP contribution in [0.25, 0.3) is 0 Å². The average Bonchev–Trinajstić information content (AvgIpc) is 2.77. The zero-order valence-corrected chi connectivity index (χ0v) is 11.3. The maximum absolute atomic E-state index is 12.3. The number of hydrogen-bond donors (Lipinski definition) is 1. The number of piperazine rings is 1. The molecule has 2 fully saturated rings. The van der Waals surface area contributed by atoms with Gasteiger partial charge in [-0.25, -0.2) is 0 Å². The molecule has 0 bridgehead atoms. The molecule has 1 saturated heterocycles. The molecule has 0 amide bonds. The Morgan fingerprint density at radius 3 is 2.11 bits per heavy atom. The fourth-order valence-corrected chi connectivity index (χ4v) is 3.38. The minimum atomic E-state index is -4.07. The molecule has 2 unspecified atom stereocenters. The lowest BCUT2D eigenvalue weighted by atomic mass is 9.95. The summed E-state index contributed by atoms with van der Waals surface area (Å²) in [5, 5.41) is 0. The summed E-state index contributed by atoms with van der Waals surface area (Å²) in [5.41, 5.74) is 5.77. The first-order valence-corrected chi connectivity index (χ1v) is 7.19. The van der Waals surface area contributed by atoms with Gasteiger partial charge in [0.25, 0.3) is 0 Å². The van der Waals surface area contributed by atoms with Gasteiger partial charge in [0.15, 0.2) is 0 Å². The zero-order valence-electron chi connectivity index (χ0n) is 11.3. The highest BCUT2D eigenvalue weighted by molar-refractivity contribution is 4.83. The highest BCUT2D eigenvalue weighted by atomic mass is 19.4.